The molecule has 0 spiro atoms. The molecule has 0 saturated carbocycles. The Morgan fingerprint density at radius 3 is 2.39 bits per heavy atom. The topological polar surface area (TPSA) is 86.8 Å². The molecule has 0 fully saturated rings. The van der Waals surface area contributed by atoms with E-state index < -0.39 is 51.9 Å². The van der Waals surface area contributed by atoms with Crippen LogP contribution in [-0.4, -0.2) is 50.5 Å². The maximum Gasteiger partial charge on any atom is 0.416 e. The Bertz CT molecular complexity index is 1210. The molecule has 0 aromatic heterocycles. The standard InChI is InChI=1S/C23H26BrClF3N3O4S/c1-4-10-29-22(33)15(2)30(13-16-6-5-7-18(24)11-16)21(32)14-31(36(3,34)35)20-12-17(23(26,27)28)8-9-19(20)25/h5-9,11-12,15H,4,10,13-14H2,1-3H3,(H,29,33)/t15-/m0/s1. The lowest BCUT2D eigenvalue weighted by Gasteiger charge is -2.32. The first-order valence-corrected chi connectivity index (χ1v) is 13.8. The van der Waals surface area contributed by atoms with Crippen molar-refractivity contribution in [3.63, 3.8) is 0 Å². The van der Waals surface area contributed by atoms with Crippen LogP contribution in [-0.2, 0) is 32.3 Å². The van der Waals surface area contributed by atoms with Gasteiger partial charge in [-0.25, -0.2) is 8.42 Å². The second kappa shape index (κ2) is 12.3. The Labute approximate surface area is 221 Å². The van der Waals surface area contributed by atoms with Crippen LogP contribution in [0.25, 0.3) is 0 Å². The molecular formula is C23H26BrClF3N3O4S. The average molecular weight is 613 g/mol. The molecule has 198 valence electrons. The summed E-state index contributed by atoms with van der Waals surface area (Å²) in [5, 5.41) is 2.41. The summed E-state index contributed by atoms with van der Waals surface area (Å²) < 4.78 is 66.3. The number of benzene rings is 2. The molecule has 2 rings (SSSR count). The first-order chi connectivity index (χ1) is 16.6. The number of amides is 2. The molecule has 0 aliphatic heterocycles. The van der Waals surface area contributed by atoms with Crippen molar-refractivity contribution in [3.8, 4) is 0 Å². The molecule has 7 nitrogen and oxygen atoms in total. The van der Waals surface area contributed by atoms with Gasteiger partial charge in [-0.2, -0.15) is 13.2 Å². The van der Waals surface area contributed by atoms with Crippen molar-refractivity contribution in [2.45, 2.75) is 39.0 Å². The zero-order valence-electron chi connectivity index (χ0n) is 19.8. The summed E-state index contributed by atoms with van der Waals surface area (Å²) in [5.41, 5.74) is -0.968. The highest BCUT2D eigenvalue weighted by atomic mass is 79.9. The number of nitrogens with zero attached hydrogens (tertiary/aromatic N) is 2. The van der Waals surface area contributed by atoms with Gasteiger partial charge in [-0.05, 0) is 49.2 Å². The lowest BCUT2D eigenvalue weighted by atomic mass is 10.1. The summed E-state index contributed by atoms with van der Waals surface area (Å²) >= 11 is 9.40. The molecule has 0 bridgehead atoms. The third kappa shape index (κ3) is 8.10. The minimum atomic E-state index is -4.76. The van der Waals surface area contributed by atoms with Crippen LogP contribution in [0.15, 0.2) is 46.9 Å². The molecule has 0 saturated heterocycles. The monoisotopic (exact) mass is 611 g/mol. The molecule has 0 heterocycles. The van der Waals surface area contributed by atoms with Gasteiger partial charge in [0.2, 0.25) is 21.8 Å². The first kappa shape index (κ1) is 29.9. The van der Waals surface area contributed by atoms with E-state index in [2.05, 4.69) is 21.2 Å². The second-order valence-corrected chi connectivity index (χ2v) is 11.3. The zero-order chi connectivity index (χ0) is 27.3. The van der Waals surface area contributed by atoms with E-state index in [1.165, 1.54) is 11.8 Å². The van der Waals surface area contributed by atoms with Gasteiger partial charge in [0.1, 0.15) is 12.6 Å². The van der Waals surface area contributed by atoms with Gasteiger partial charge in [0.25, 0.3) is 0 Å². The Morgan fingerprint density at radius 2 is 1.83 bits per heavy atom. The number of carbonyl (C=O) groups excluding carboxylic acids is 2. The van der Waals surface area contributed by atoms with Crippen molar-refractivity contribution in [1.82, 2.24) is 10.2 Å². The number of alkyl halides is 3. The number of hydrogen-bond donors (Lipinski definition) is 1. The normalized spacial score (nSPS) is 12.7. The maximum absolute atomic E-state index is 13.4. The van der Waals surface area contributed by atoms with E-state index in [9.17, 15) is 31.2 Å². The number of halogens is 5. The van der Waals surface area contributed by atoms with Crippen LogP contribution in [0.3, 0.4) is 0 Å². The van der Waals surface area contributed by atoms with Gasteiger partial charge < -0.3 is 10.2 Å². The van der Waals surface area contributed by atoms with Crippen LogP contribution in [0.4, 0.5) is 18.9 Å². The van der Waals surface area contributed by atoms with Gasteiger partial charge in [-0.1, -0.05) is 46.6 Å². The number of hydrogen-bond acceptors (Lipinski definition) is 4. The van der Waals surface area contributed by atoms with Gasteiger partial charge >= 0.3 is 6.18 Å². The van der Waals surface area contributed by atoms with E-state index in [1.807, 2.05) is 6.92 Å². The highest BCUT2D eigenvalue weighted by molar-refractivity contribution is 9.10. The molecule has 2 aromatic rings. The fourth-order valence-electron chi connectivity index (χ4n) is 3.29. The van der Waals surface area contributed by atoms with Crippen molar-refractivity contribution in [3.05, 3.63) is 63.1 Å². The molecule has 0 aliphatic carbocycles. The zero-order valence-corrected chi connectivity index (χ0v) is 22.9. The fourth-order valence-corrected chi connectivity index (χ4v) is 4.86. The highest BCUT2D eigenvalue weighted by Gasteiger charge is 2.34. The number of rotatable bonds is 10. The van der Waals surface area contributed by atoms with Crippen LogP contribution >= 0.6 is 27.5 Å². The number of nitrogens with one attached hydrogen (secondary N) is 1. The third-order valence-corrected chi connectivity index (χ3v) is 7.12. The van der Waals surface area contributed by atoms with Crippen LogP contribution in [0, 0.1) is 0 Å². The molecule has 2 amide bonds. The number of carbonyl (C=O) groups is 2. The van der Waals surface area contributed by atoms with E-state index in [0.29, 0.717) is 35.0 Å². The summed E-state index contributed by atoms with van der Waals surface area (Å²) in [7, 11) is -4.25. The molecule has 1 N–H and O–H groups in total. The molecule has 0 aliphatic rings. The minimum Gasteiger partial charge on any atom is -0.354 e. The number of anilines is 1. The largest absolute Gasteiger partial charge is 0.416 e. The molecule has 0 radical (unpaired) electrons. The van der Waals surface area contributed by atoms with E-state index in [0.717, 1.165) is 16.8 Å². The summed E-state index contributed by atoms with van der Waals surface area (Å²) in [4.78, 5) is 27.3. The summed E-state index contributed by atoms with van der Waals surface area (Å²) in [6.45, 7) is 2.81. The van der Waals surface area contributed by atoms with E-state index in [4.69, 9.17) is 11.6 Å². The summed E-state index contributed by atoms with van der Waals surface area (Å²) in [6.07, 6.45) is -3.34. The predicted molar refractivity (Wildman–Crippen MR) is 136 cm³/mol. The van der Waals surface area contributed by atoms with Crippen LogP contribution in [0.2, 0.25) is 5.02 Å². The van der Waals surface area contributed by atoms with Crippen molar-refractivity contribution < 1.29 is 31.2 Å². The van der Waals surface area contributed by atoms with Gasteiger partial charge in [0.15, 0.2) is 0 Å². The molecule has 0 unspecified atom stereocenters. The van der Waals surface area contributed by atoms with Gasteiger partial charge in [0, 0.05) is 17.6 Å². The van der Waals surface area contributed by atoms with E-state index in [-0.39, 0.29) is 11.6 Å². The summed E-state index contributed by atoms with van der Waals surface area (Å²) in [6, 6.07) is 8.17. The molecule has 36 heavy (non-hydrogen) atoms. The SMILES string of the molecule is CCCNC(=O)[C@H](C)N(Cc1cccc(Br)c1)C(=O)CN(c1cc(C(F)(F)F)ccc1Cl)S(C)(=O)=O. The maximum atomic E-state index is 13.4. The Balaban J connectivity index is 2.48. The molecular weight excluding hydrogens is 587 g/mol. The Hall–Kier alpha value is -2.31. The van der Waals surface area contributed by atoms with Crippen molar-refractivity contribution in [1.29, 1.82) is 0 Å². The van der Waals surface area contributed by atoms with Crippen LogP contribution in [0.5, 0.6) is 0 Å². The lowest BCUT2D eigenvalue weighted by Crippen LogP contribution is -2.51. The lowest BCUT2D eigenvalue weighted by molar-refractivity contribution is -0.139. The smallest absolute Gasteiger partial charge is 0.354 e. The van der Waals surface area contributed by atoms with Crippen molar-refractivity contribution in [2.24, 2.45) is 0 Å². The van der Waals surface area contributed by atoms with Crippen LogP contribution < -0.4 is 9.62 Å². The van der Waals surface area contributed by atoms with Crippen molar-refractivity contribution in [2.75, 3.05) is 23.7 Å². The number of sulfonamides is 1. The second-order valence-electron chi connectivity index (χ2n) is 8.05. The first-order valence-electron chi connectivity index (χ1n) is 10.8. The van der Waals surface area contributed by atoms with Crippen molar-refractivity contribution >= 4 is 55.1 Å². The van der Waals surface area contributed by atoms with Gasteiger partial charge in [-0.3, -0.25) is 13.9 Å². The van der Waals surface area contributed by atoms with Gasteiger partial charge in [0.05, 0.1) is 22.5 Å². The minimum absolute atomic E-state index is 0.0487. The van der Waals surface area contributed by atoms with E-state index in [1.54, 1.807) is 24.3 Å². The highest BCUT2D eigenvalue weighted by Crippen LogP contribution is 2.36. The van der Waals surface area contributed by atoms with Gasteiger partial charge in [-0.15, -0.1) is 0 Å². The third-order valence-electron chi connectivity index (χ3n) is 5.18. The molecule has 13 heteroatoms. The average Bonchev–Trinajstić information content (AvgIpc) is 2.78. The van der Waals surface area contributed by atoms with E-state index >= 15 is 0 Å². The summed E-state index contributed by atoms with van der Waals surface area (Å²) in [5.74, 6) is -1.25. The molecule has 2 aromatic carbocycles. The van der Waals surface area contributed by atoms with Crippen LogP contribution in [0.1, 0.15) is 31.4 Å². The molecule has 1 atom stereocenters. The predicted octanol–water partition coefficient (Wildman–Crippen LogP) is 4.83. The quantitative estimate of drug-likeness (QED) is 0.417. The fraction of sp³-hybridized carbons (Fsp3) is 0.391. The Kier molecular flexibility index (Phi) is 10.2. The Morgan fingerprint density at radius 1 is 1.17 bits per heavy atom.